The average molecular weight is 285 g/mol. The first-order valence-electron chi connectivity index (χ1n) is 7.92. The Morgan fingerprint density at radius 3 is 2.24 bits per heavy atom. The van der Waals surface area contributed by atoms with Crippen LogP contribution in [-0.4, -0.2) is 15.8 Å². The molecule has 0 saturated carbocycles. The van der Waals surface area contributed by atoms with E-state index in [1.807, 2.05) is 23.1 Å². The molecule has 0 unspecified atom stereocenters. The number of nitrogens with one attached hydrogen (secondary N) is 1. The zero-order valence-electron chi connectivity index (χ0n) is 13.6. The molecule has 0 fully saturated rings. The molecule has 3 heteroatoms. The van der Waals surface area contributed by atoms with Crippen LogP contribution in [0.3, 0.4) is 0 Å². The number of anilines is 1. The maximum absolute atomic E-state index is 4.35. The molecule has 0 radical (unpaired) electrons. The van der Waals surface area contributed by atoms with Gasteiger partial charge in [-0.1, -0.05) is 39.8 Å². The van der Waals surface area contributed by atoms with Crippen LogP contribution in [0.5, 0.6) is 0 Å². The summed E-state index contributed by atoms with van der Waals surface area (Å²) in [5, 5.41) is 8.09. The standard InChI is InChI=1S/C18H27N3/c1-14(2)12-16(13-15(3)4)20-17-8-5-6-9-18(17)21-11-7-10-19-21/h5-11,14-16,20H,12-13H2,1-4H3. The van der Waals surface area contributed by atoms with E-state index in [4.69, 9.17) is 0 Å². The van der Waals surface area contributed by atoms with Crippen molar-refractivity contribution in [3.05, 3.63) is 42.7 Å². The molecule has 1 aromatic carbocycles. The van der Waals surface area contributed by atoms with Crippen LogP contribution in [0.2, 0.25) is 0 Å². The van der Waals surface area contributed by atoms with E-state index < -0.39 is 0 Å². The Hall–Kier alpha value is -1.77. The summed E-state index contributed by atoms with van der Waals surface area (Å²) in [6.45, 7) is 9.14. The lowest BCUT2D eigenvalue weighted by Crippen LogP contribution is -2.24. The Morgan fingerprint density at radius 1 is 1.00 bits per heavy atom. The predicted octanol–water partition coefficient (Wildman–Crippen LogP) is 4.75. The normalized spacial score (nSPS) is 11.6. The molecule has 0 bridgehead atoms. The monoisotopic (exact) mass is 285 g/mol. The Labute approximate surface area is 128 Å². The van der Waals surface area contributed by atoms with Crippen LogP contribution in [-0.2, 0) is 0 Å². The van der Waals surface area contributed by atoms with Crippen LogP contribution >= 0.6 is 0 Å². The summed E-state index contributed by atoms with van der Waals surface area (Å²) in [6.07, 6.45) is 6.17. The van der Waals surface area contributed by atoms with Gasteiger partial charge in [-0.2, -0.15) is 5.10 Å². The minimum absolute atomic E-state index is 0.502. The highest BCUT2D eigenvalue weighted by molar-refractivity contribution is 5.61. The number of rotatable bonds is 7. The number of aromatic nitrogens is 2. The molecule has 1 aromatic heterocycles. The minimum atomic E-state index is 0.502. The largest absolute Gasteiger partial charge is 0.381 e. The highest BCUT2D eigenvalue weighted by atomic mass is 15.3. The van der Waals surface area contributed by atoms with Gasteiger partial charge in [-0.25, -0.2) is 4.68 Å². The van der Waals surface area contributed by atoms with E-state index in [1.165, 1.54) is 12.8 Å². The molecular weight excluding hydrogens is 258 g/mol. The van der Waals surface area contributed by atoms with Gasteiger partial charge in [0, 0.05) is 18.4 Å². The third kappa shape index (κ3) is 4.62. The van der Waals surface area contributed by atoms with Gasteiger partial charge in [-0.05, 0) is 42.9 Å². The van der Waals surface area contributed by atoms with Crippen LogP contribution in [0, 0.1) is 11.8 Å². The Balaban J connectivity index is 2.20. The van der Waals surface area contributed by atoms with Crippen molar-refractivity contribution in [2.75, 3.05) is 5.32 Å². The van der Waals surface area contributed by atoms with E-state index in [2.05, 4.69) is 62.4 Å². The fourth-order valence-corrected chi connectivity index (χ4v) is 2.78. The summed E-state index contributed by atoms with van der Waals surface area (Å²) in [4.78, 5) is 0. The molecule has 2 aromatic rings. The van der Waals surface area contributed by atoms with Gasteiger partial charge >= 0.3 is 0 Å². The number of nitrogens with zero attached hydrogens (tertiary/aromatic N) is 2. The van der Waals surface area contributed by atoms with Crippen molar-refractivity contribution in [2.24, 2.45) is 11.8 Å². The number of benzene rings is 1. The number of para-hydroxylation sites is 2. The van der Waals surface area contributed by atoms with Gasteiger partial charge in [0.25, 0.3) is 0 Å². The van der Waals surface area contributed by atoms with E-state index in [-0.39, 0.29) is 0 Å². The first kappa shape index (κ1) is 15.6. The minimum Gasteiger partial charge on any atom is -0.381 e. The first-order chi connectivity index (χ1) is 10.1. The highest BCUT2D eigenvalue weighted by Crippen LogP contribution is 2.24. The lowest BCUT2D eigenvalue weighted by Gasteiger charge is -2.25. The van der Waals surface area contributed by atoms with E-state index in [0.717, 1.165) is 11.4 Å². The molecule has 0 saturated heterocycles. The van der Waals surface area contributed by atoms with Crippen molar-refractivity contribution >= 4 is 5.69 Å². The first-order valence-corrected chi connectivity index (χ1v) is 7.92. The summed E-state index contributed by atoms with van der Waals surface area (Å²) in [5.74, 6) is 1.39. The van der Waals surface area contributed by atoms with Crippen LogP contribution in [0.25, 0.3) is 5.69 Å². The molecule has 21 heavy (non-hydrogen) atoms. The smallest absolute Gasteiger partial charge is 0.0876 e. The van der Waals surface area contributed by atoms with Gasteiger partial charge in [-0.15, -0.1) is 0 Å². The third-order valence-electron chi connectivity index (χ3n) is 3.53. The van der Waals surface area contributed by atoms with Gasteiger partial charge in [0.2, 0.25) is 0 Å². The van der Waals surface area contributed by atoms with Gasteiger partial charge in [0.15, 0.2) is 0 Å². The maximum atomic E-state index is 4.35. The fraction of sp³-hybridized carbons (Fsp3) is 0.500. The highest BCUT2D eigenvalue weighted by Gasteiger charge is 2.14. The Morgan fingerprint density at radius 2 is 1.67 bits per heavy atom. The van der Waals surface area contributed by atoms with Crippen molar-refractivity contribution in [1.29, 1.82) is 0 Å². The van der Waals surface area contributed by atoms with Gasteiger partial charge in [-0.3, -0.25) is 0 Å². The Bertz CT molecular complexity index is 519. The molecule has 1 heterocycles. The molecule has 0 atom stereocenters. The molecule has 2 rings (SSSR count). The SMILES string of the molecule is CC(C)CC(CC(C)C)Nc1ccccc1-n1cccn1. The lowest BCUT2D eigenvalue weighted by atomic mass is 9.95. The van der Waals surface area contributed by atoms with Gasteiger partial charge < -0.3 is 5.32 Å². The lowest BCUT2D eigenvalue weighted by molar-refractivity contribution is 0.442. The third-order valence-corrected chi connectivity index (χ3v) is 3.53. The van der Waals surface area contributed by atoms with E-state index in [0.29, 0.717) is 17.9 Å². The van der Waals surface area contributed by atoms with Crippen LogP contribution in [0.15, 0.2) is 42.7 Å². The quantitative estimate of drug-likeness (QED) is 0.796. The zero-order chi connectivity index (χ0) is 15.2. The number of hydrogen-bond donors (Lipinski definition) is 1. The second-order valence-electron chi connectivity index (χ2n) is 6.57. The van der Waals surface area contributed by atoms with E-state index >= 15 is 0 Å². The summed E-state index contributed by atoms with van der Waals surface area (Å²) >= 11 is 0. The second kappa shape index (κ2) is 7.30. The molecule has 0 aliphatic carbocycles. The molecule has 0 aliphatic rings. The summed E-state index contributed by atoms with van der Waals surface area (Å²) < 4.78 is 1.92. The molecule has 3 nitrogen and oxygen atoms in total. The number of hydrogen-bond acceptors (Lipinski definition) is 2. The second-order valence-corrected chi connectivity index (χ2v) is 6.57. The molecular formula is C18H27N3. The van der Waals surface area contributed by atoms with Crippen LogP contribution in [0.4, 0.5) is 5.69 Å². The average Bonchev–Trinajstić information content (AvgIpc) is 2.91. The van der Waals surface area contributed by atoms with Crippen LogP contribution in [0.1, 0.15) is 40.5 Å². The molecule has 114 valence electrons. The van der Waals surface area contributed by atoms with E-state index in [9.17, 15) is 0 Å². The summed E-state index contributed by atoms with van der Waals surface area (Å²) in [7, 11) is 0. The van der Waals surface area contributed by atoms with Crippen LogP contribution < -0.4 is 5.32 Å². The van der Waals surface area contributed by atoms with Gasteiger partial charge in [0.1, 0.15) is 0 Å². The Kier molecular flexibility index (Phi) is 5.43. The van der Waals surface area contributed by atoms with Crippen molar-refractivity contribution in [3.8, 4) is 5.69 Å². The predicted molar refractivity (Wildman–Crippen MR) is 89.9 cm³/mol. The zero-order valence-corrected chi connectivity index (χ0v) is 13.6. The molecule has 0 aliphatic heterocycles. The van der Waals surface area contributed by atoms with E-state index in [1.54, 1.807) is 0 Å². The van der Waals surface area contributed by atoms with Crippen molar-refractivity contribution < 1.29 is 0 Å². The molecule has 0 amide bonds. The molecule has 1 N–H and O–H groups in total. The molecule has 0 spiro atoms. The summed E-state index contributed by atoms with van der Waals surface area (Å²) in [5.41, 5.74) is 2.27. The topological polar surface area (TPSA) is 29.9 Å². The van der Waals surface area contributed by atoms with Crippen molar-refractivity contribution in [2.45, 2.75) is 46.6 Å². The summed E-state index contributed by atoms with van der Waals surface area (Å²) in [6, 6.07) is 10.8. The van der Waals surface area contributed by atoms with Crippen molar-refractivity contribution in [3.63, 3.8) is 0 Å². The van der Waals surface area contributed by atoms with Gasteiger partial charge in [0.05, 0.1) is 11.4 Å². The maximum Gasteiger partial charge on any atom is 0.0876 e. The van der Waals surface area contributed by atoms with Crippen molar-refractivity contribution in [1.82, 2.24) is 9.78 Å². The fourth-order valence-electron chi connectivity index (χ4n) is 2.78.